The average Bonchev–Trinajstić information content (AvgIpc) is 3.43. The first kappa shape index (κ1) is 72.0. The predicted molar refractivity (Wildman–Crippen MR) is 313 cm³/mol. The van der Waals surface area contributed by atoms with Gasteiger partial charge in [0.05, 0.1) is 6.61 Å². The summed E-state index contributed by atoms with van der Waals surface area (Å²) in [6.07, 6.45) is 51.0. The monoisotopic (exact) mass is 1090 g/mol. The molecule has 12 heteroatoms. The molecule has 1 heterocycles. The molecular weight excluding hydrogens is 973 g/mol. The van der Waals surface area contributed by atoms with Gasteiger partial charge in [-0.15, -0.1) is 0 Å². The summed E-state index contributed by atoms with van der Waals surface area (Å²) in [4.78, 5) is 51.3. The van der Waals surface area contributed by atoms with E-state index in [0.29, 0.717) is 19.3 Å². The number of carboxylic acid groups (broad SMARTS) is 1. The number of rotatable bonds is 55. The van der Waals surface area contributed by atoms with Crippen molar-refractivity contribution < 1.29 is 58.2 Å². The number of aliphatic carboxylic acids is 1. The van der Waals surface area contributed by atoms with Crippen molar-refractivity contribution in [2.75, 3.05) is 13.2 Å². The number of esters is 3. The van der Waals surface area contributed by atoms with Gasteiger partial charge in [-0.1, -0.05) is 269 Å². The second-order valence-electron chi connectivity index (χ2n) is 22.0. The third-order valence-corrected chi connectivity index (χ3v) is 14.7. The summed E-state index contributed by atoms with van der Waals surface area (Å²) >= 11 is 0. The topological polar surface area (TPSA) is 175 Å². The molecule has 0 aromatic rings. The number of hydrogen-bond acceptors (Lipinski definition) is 11. The molecular formula is C65H116O12. The van der Waals surface area contributed by atoms with Gasteiger partial charge in [-0.25, -0.2) is 4.79 Å². The van der Waals surface area contributed by atoms with Crippen molar-refractivity contribution in [3.63, 3.8) is 0 Å². The van der Waals surface area contributed by atoms with Crippen LogP contribution in [-0.4, -0.2) is 89.2 Å². The zero-order chi connectivity index (χ0) is 56.1. The number of aliphatic hydroxyl groups is 2. The van der Waals surface area contributed by atoms with Gasteiger partial charge in [0.25, 0.3) is 0 Å². The minimum Gasteiger partial charge on any atom is -0.479 e. The van der Waals surface area contributed by atoms with E-state index in [0.717, 1.165) is 103 Å². The number of hydrogen-bond donors (Lipinski definition) is 3. The molecule has 6 atom stereocenters. The number of carbonyl (C=O) groups excluding carboxylic acids is 3. The zero-order valence-electron chi connectivity index (χ0n) is 49.5. The van der Waals surface area contributed by atoms with Gasteiger partial charge in [0.2, 0.25) is 0 Å². The molecule has 448 valence electrons. The summed E-state index contributed by atoms with van der Waals surface area (Å²) in [5, 5.41) is 31.6. The molecule has 1 aliphatic rings. The number of unbranched alkanes of at least 4 members (excludes halogenated alkanes) is 35. The number of aliphatic hydroxyl groups excluding tert-OH is 2. The number of ether oxygens (including phenoxy) is 5. The van der Waals surface area contributed by atoms with Gasteiger partial charge < -0.3 is 39.0 Å². The number of carbonyl (C=O) groups is 4. The Morgan fingerprint density at radius 3 is 1.25 bits per heavy atom. The van der Waals surface area contributed by atoms with Crippen LogP contribution in [0, 0.1) is 0 Å². The highest BCUT2D eigenvalue weighted by Crippen LogP contribution is 2.27. The first-order chi connectivity index (χ1) is 37.6. The van der Waals surface area contributed by atoms with Crippen molar-refractivity contribution in [3.8, 4) is 0 Å². The summed E-state index contributed by atoms with van der Waals surface area (Å²) in [7, 11) is 0. The standard InChI is InChI=1S/C65H116O12/c1-4-7-10-13-16-19-22-25-28-29-32-35-38-41-44-47-50-53-59(68)76-63-61(70)60(69)62(64(71)72)77-65(63)74-55-56(75-58(67)52-49-46-43-40-37-34-31-27-24-21-18-15-12-9-6-3)54-73-57(66)51-48-45-42-39-36-33-30-26-23-20-17-14-11-8-5-2/h7,10,16,19,25,28,56,60-63,65,69-70H,4-6,8-9,11-15,17-18,20-24,26-27,29-55H2,1-3H3,(H,71,72)/b10-7-,19-16-,28-25-. The lowest BCUT2D eigenvalue weighted by atomic mass is 9.98. The van der Waals surface area contributed by atoms with Gasteiger partial charge in [-0.05, 0) is 51.4 Å². The van der Waals surface area contributed by atoms with Gasteiger partial charge in [-0.2, -0.15) is 0 Å². The maximum Gasteiger partial charge on any atom is 0.335 e. The third-order valence-electron chi connectivity index (χ3n) is 14.7. The first-order valence-electron chi connectivity index (χ1n) is 32.0. The highest BCUT2D eigenvalue weighted by molar-refractivity contribution is 5.74. The Morgan fingerprint density at radius 1 is 0.442 bits per heavy atom. The molecule has 77 heavy (non-hydrogen) atoms. The van der Waals surface area contributed by atoms with Crippen LogP contribution in [0.3, 0.4) is 0 Å². The van der Waals surface area contributed by atoms with Crippen LogP contribution in [0.15, 0.2) is 36.5 Å². The summed E-state index contributed by atoms with van der Waals surface area (Å²) in [5.74, 6) is -3.10. The summed E-state index contributed by atoms with van der Waals surface area (Å²) in [6.45, 7) is 5.93. The zero-order valence-corrected chi connectivity index (χ0v) is 49.5. The molecule has 3 N–H and O–H groups in total. The summed E-state index contributed by atoms with van der Waals surface area (Å²) in [5.41, 5.74) is 0. The minimum absolute atomic E-state index is 0.0530. The smallest absolute Gasteiger partial charge is 0.335 e. The van der Waals surface area contributed by atoms with Crippen molar-refractivity contribution in [1.82, 2.24) is 0 Å². The van der Waals surface area contributed by atoms with Crippen LogP contribution in [0.1, 0.15) is 303 Å². The van der Waals surface area contributed by atoms with Crippen LogP contribution in [0.2, 0.25) is 0 Å². The van der Waals surface area contributed by atoms with E-state index in [4.69, 9.17) is 23.7 Å². The maximum absolute atomic E-state index is 13.2. The normalized spacial score (nSPS) is 18.2. The van der Waals surface area contributed by atoms with E-state index in [-0.39, 0.29) is 25.9 Å². The largest absolute Gasteiger partial charge is 0.479 e. The summed E-state index contributed by atoms with van der Waals surface area (Å²) < 4.78 is 28.5. The fourth-order valence-corrected chi connectivity index (χ4v) is 9.86. The van der Waals surface area contributed by atoms with Crippen LogP contribution in [0.5, 0.6) is 0 Å². The second-order valence-corrected chi connectivity index (χ2v) is 22.0. The van der Waals surface area contributed by atoms with E-state index in [1.807, 2.05) is 0 Å². The molecule has 0 saturated carbocycles. The van der Waals surface area contributed by atoms with Crippen molar-refractivity contribution in [2.24, 2.45) is 0 Å². The van der Waals surface area contributed by atoms with Crippen LogP contribution in [0.4, 0.5) is 0 Å². The Balaban J connectivity index is 2.65. The van der Waals surface area contributed by atoms with Crippen LogP contribution >= 0.6 is 0 Å². The molecule has 1 fully saturated rings. The lowest BCUT2D eigenvalue weighted by Crippen LogP contribution is -2.61. The molecule has 0 spiro atoms. The fraction of sp³-hybridized carbons (Fsp3) is 0.846. The maximum atomic E-state index is 13.2. The van der Waals surface area contributed by atoms with Gasteiger partial charge >= 0.3 is 23.9 Å². The highest BCUT2D eigenvalue weighted by atomic mass is 16.7. The molecule has 1 saturated heterocycles. The quantitative estimate of drug-likeness (QED) is 0.0228. The Labute approximate surface area is 470 Å². The molecule has 0 aliphatic carbocycles. The van der Waals surface area contributed by atoms with E-state index in [1.165, 1.54) is 141 Å². The Bertz CT molecular complexity index is 1480. The number of carboxylic acids is 1. The molecule has 1 aliphatic heterocycles. The SMILES string of the molecule is CC/C=C\C/C=C\C/C=C\CCCCCCCCCC(=O)OC1C(OCC(COC(=O)CCCCCCCCCCCCCCCCC)OC(=O)CCCCCCCCCCCCCCCCC)OC(C(=O)O)C(O)C1O. The van der Waals surface area contributed by atoms with E-state index in [9.17, 15) is 34.5 Å². The average molecular weight is 1090 g/mol. The first-order valence-corrected chi connectivity index (χ1v) is 32.0. The molecule has 6 unspecified atom stereocenters. The molecule has 0 bridgehead atoms. The fourth-order valence-electron chi connectivity index (χ4n) is 9.86. The van der Waals surface area contributed by atoms with Crippen molar-refractivity contribution in [3.05, 3.63) is 36.5 Å². The minimum atomic E-state index is -1.90. The molecule has 0 amide bonds. The Morgan fingerprint density at radius 2 is 0.818 bits per heavy atom. The molecule has 0 aromatic heterocycles. The lowest BCUT2D eigenvalue weighted by molar-refractivity contribution is -0.301. The van der Waals surface area contributed by atoms with E-state index in [2.05, 4.69) is 57.2 Å². The van der Waals surface area contributed by atoms with Gasteiger partial charge in [0.15, 0.2) is 24.6 Å². The lowest BCUT2D eigenvalue weighted by Gasteiger charge is -2.40. The molecule has 0 aromatic carbocycles. The van der Waals surface area contributed by atoms with Crippen molar-refractivity contribution >= 4 is 23.9 Å². The third kappa shape index (κ3) is 43.4. The van der Waals surface area contributed by atoms with Gasteiger partial charge in [-0.3, -0.25) is 14.4 Å². The molecule has 0 radical (unpaired) electrons. The van der Waals surface area contributed by atoms with E-state index >= 15 is 0 Å². The Kier molecular flexibility index (Phi) is 50.1. The highest BCUT2D eigenvalue weighted by Gasteiger charge is 2.50. The number of allylic oxidation sites excluding steroid dienone is 6. The predicted octanol–water partition coefficient (Wildman–Crippen LogP) is 16.8. The van der Waals surface area contributed by atoms with E-state index in [1.54, 1.807) is 0 Å². The van der Waals surface area contributed by atoms with Crippen LogP contribution < -0.4 is 0 Å². The van der Waals surface area contributed by atoms with Crippen LogP contribution in [-0.2, 0) is 42.9 Å². The second kappa shape index (κ2) is 53.6. The van der Waals surface area contributed by atoms with Crippen molar-refractivity contribution in [2.45, 2.75) is 340 Å². The van der Waals surface area contributed by atoms with Gasteiger partial charge in [0.1, 0.15) is 18.8 Å². The van der Waals surface area contributed by atoms with E-state index < -0.39 is 67.3 Å². The summed E-state index contributed by atoms with van der Waals surface area (Å²) in [6, 6.07) is 0. The van der Waals surface area contributed by atoms with Crippen LogP contribution in [0.25, 0.3) is 0 Å². The molecule has 12 nitrogen and oxygen atoms in total. The van der Waals surface area contributed by atoms with Gasteiger partial charge in [0, 0.05) is 19.3 Å². The van der Waals surface area contributed by atoms with Crippen molar-refractivity contribution in [1.29, 1.82) is 0 Å². The Hall–Kier alpha value is -3.06. The molecule has 1 rings (SSSR count).